The number of hydrogen-bond acceptors (Lipinski definition) is 2. The number of nitrogens with two attached hydrogens (primary N) is 1. The van der Waals surface area contributed by atoms with Crippen molar-refractivity contribution in [2.45, 2.75) is 0 Å². The molecular formula is C9H7ClFNO2. The molecule has 0 fully saturated rings. The van der Waals surface area contributed by atoms with E-state index in [4.69, 9.17) is 11.6 Å². The number of carbonyl (C=O) groups is 1. The van der Waals surface area contributed by atoms with Crippen molar-refractivity contribution in [3.63, 3.8) is 0 Å². The minimum atomic E-state index is -0.718. The van der Waals surface area contributed by atoms with E-state index in [0.717, 1.165) is 6.08 Å². The van der Waals surface area contributed by atoms with Gasteiger partial charge in [0.05, 0.1) is 5.02 Å². The highest BCUT2D eigenvalue weighted by Gasteiger charge is 2.03. The molecule has 0 bridgehead atoms. The first kappa shape index (κ1) is 10.8. The van der Waals surface area contributed by atoms with E-state index in [1.807, 2.05) is 0 Å². The second-order valence-corrected chi connectivity index (χ2v) is 2.90. The van der Waals surface area contributed by atoms with Crippen LogP contribution in [0.5, 0.6) is 0 Å². The molecule has 1 aromatic carbocycles. The molecular weight excluding hydrogens is 209 g/mol. The molecule has 0 aliphatic rings. The highest BCUT2D eigenvalue weighted by Crippen LogP contribution is 2.18. The largest absolute Gasteiger partial charge is 0.628 e. The lowest BCUT2D eigenvalue weighted by molar-refractivity contribution is -0.494. The van der Waals surface area contributed by atoms with E-state index >= 15 is 0 Å². The lowest BCUT2D eigenvalue weighted by atomic mass is 10.2. The number of amides is 1. The Hall–Kier alpha value is -1.23. The van der Waals surface area contributed by atoms with Crippen molar-refractivity contribution in [1.82, 2.24) is 0 Å². The van der Waals surface area contributed by atoms with E-state index in [0.29, 0.717) is 0 Å². The first-order valence-corrected chi connectivity index (χ1v) is 4.14. The average molecular weight is 216 g/mol. The maximum absolute atomic E-state index is 13.2. The van der Waals surface area contributed by atoms with Crippen molar-refractivity contribution in [1.29, 1.82) is 0 Å². The maximum atomic E-state index is 13.2. The van der Waals surface area contributed by atoms with E-state index < -0.39 is 11.7 Å². The van der Waals surface area contributed by atoms with Gasteiger partial charge in [-0.25, -0.2) is 9.18 Å². The minimum absolute atomic E-state index is 0.0225. The monoisotopic (exact) mass is 215 g/mol. The highest BCUT2D eigenvalue weighted by molar-refractivity contribution is 6.30. The molecule has 0 spiro atoms. The molecule has 1 rings (SSSR count). The summed E-state index contributed by atoms with van der Waals surface area (Å²) >= 11 is 5.50. The third-order valence-corrected chi connectivity index (χ3v) is 1.82. The summed E-state index contributed by atoms with van der Waals surface area (Å²) in [6, 6.07) is 4.40. The number of hydrogen-bond donors (Lipinski definition) is 1. The number of quaternary nitrogens is 1. The highest BCUT2D eigenvalue weighted by atomic mass is 35.5. The Morgan fingerprint density at radius 2 is 2.29 bits per heavy atom. The first-order chi connectivity index (χ1) is 6.65. The van der Waals surface area contributed by atoms with Crippen LogP contribution in [0.15, 0.2) is 24.3 Å². The summed E-state index contributed by atoms with van der Waals surface area (Å²) < 4.78 is 13.2. The Bertz CT molecular complexity index is 379. The molecule has 1 aromatic rings. The van der Waals surface area contributed by atoms with E-state index in [1.54, 1.807) is 6.07 Å². The van der Waals surface area contributed by atoms with Crippen molar-refractivity contribution >= 4 is 23.6 Å². The van der Waals surface area contributed by atoms with Gasteiger partial charge in [-0.05, 0) is 12.1 Å². The number of halogens is 2. The Balaban J connectivity index is 2.92. The zero-order chi connectivity index (χ0) is 10.6. The van der Waals surface area contributed by atoms with Crippen LogP contribution in [0.3, 0.4) is 0 Å². The van der Waals surface area contributed by atoms with Crippen LogP contribution in [0.2, 0.25) is 5.02 Å². The molecule has 2 N–H and O–H groups in total. The molecule has 1 amide bonds. The molecule has 74 valence electrons. The molecule has 0 saturated carbocycles. The van der Waals surface area contributed by atoms with Gasteiger partial charge in [0.2, 0.25) is 0 Å². The van der Waals surface area contributed by atoms with Crippen molar-refractivity contribution in [2.24, 2.45) is 0 Å². The summed E-state index contributed by atoms with van der Waals surface area (Å²) in [6.07, 6.45) is 2.19. The zero-order valence-electron chi connectivity index (χ0n) is 7.04. The topological polar surface area (TPSA) is 56.7 Å². The van der Waals surface area contributed by atoms with Gasteiger partial charge in [0.1, 0.15) is 5.82 Å². The second-order valence-electron chi connectivity index (χ2n) is 2.50. The molecule has 0 saturated heterocycles. The van der Waals surface area contributed by atoms with Gasteiger partial charge in [0.25, 0.3) is 0 Å². The smallest absolute Gasteiger partial charge is 0.335 e. The summed E-state index contributed by atoms with van der Waals surface area (Å²) in [5.41, 5.74) is 0.326. The fraction of sp³-hybridized carbons (Fsp3) is 0. The Labute approximate surface area is 84.8 Å². The fourth-order valence-corrected chi connectivity index (χ4v) is 1.04. The van der Waals surface area contributed by atoms with Crippen molar-refractivity contribution in [3.05, 3.63) is 45.9 Å². The van der Waals surface area contributed by atoms with Crippen molar-refractivity contribution in [2.75, 3.05) is 0 Å². The molecule has 0 unspecified atom stereocenters. The van der Waals surface area contributed by atoms with E-state index in [9.17, 15) is 14.4 Å². The van der Waals surface area contributed by atoms with Crippen LogP contribution < -0.4 is 5.48 Å². The summed E-state index contributed by atoms with van der Waals surface area (Å²) in [5.74, 6) is -1.33. The Morgan fingerprint density at radius 1 is 1.57 bits per heavy atom. The third-order valence-electron chi connectivity index (χ3n) is 1.52. The van der Waals surface area contributed by atoms with Gasteiger partial charge < -0.3 is 10.7 Å². The molecule has 0 aliphatic carbocycles. The van der Waals surface area contributed by atoms with Gasteiger partial charge in [-0.2, -0.15) is 0 Å². The predicted molar refractivity (Wildman–Crippen MR) is 50.7 cm³/mol. The lowest BCUT2D eigenvalue weighted by Crippen LogP contribution is -2.81. The van der Waals surface area contributed by atoms with Gasteiger partial charge in [0.15, 0.2) is 0 Å². The number of primary amides is 1. The summed E-state index contributed by atoms with van der Waals surface area (Å²) in [7, 11) is 0. The van der Waals surface area contributed by atoms with E-state index in [2.05, 4.69) is 0 Å². The van der Waals surface area contributed by atoms with Crippen LogP contribution in [-0.2, 0) is 4.79 Å². The minimum Gasteiger partial charge on any atom is -0.628 e. The van der Waals surface area contributed by atoms with Crippen molar-refractivity contribution < 1.29 is 14.7 Å². The summed E-state index contributed by atoms with van der Waals surface area (Å²) in [6.45, 7) is 0. The summed E-state index contributed by atoms with van der Waals surface area (Å²) in [5, 5.41) is 9.93. The predicted octanol–water partition coefficient (Wildman–Crippen LogP) is 1.08. The average Bonchev–Trinajstić information content (AvgIpc) is 2.20. The molecule has 0 heterocycles. The normalized spacial score (nSPS) is 10.8. The van der Waals surface area contributed by atoms with Gasteiger partial charge in [-0.3, -0.25) is 0 Å². The zero-order valence-corrected chi connectivity index (χ0v) is 7.79. The van der Waals surface area contributed by atoms with Gasteiger partial charge in [-0.15, -0.1) is 0 Å². The van der Waals surface area contributed by atoms with Gasteiger partial charge in [0, 0.05) is 11.6 Å². The van der Waals surface area contributed by atoms with Crippen LogP contribution in [0, 0.1) is 11.0 Å². The van der Waals surface area contributed by atoms with Gasteiger partial charge in [-0.1, -0.05) is 23.7 Å². The first-order valence-electron chi connectivity index (χ1n) is 3.76. The molecule has 0 radical (unpaired) electrons. The SMILES string of the molecule is O=C(/C=C/c1cccc(Cl)c1F)[NH2+][O-]. The van der Waals surface area contributed by atoms with E-state index in [1.165, 1.54) is 18.2 Å². The summed E-state index contributed by atoms with van der Waals surface area (Å²) in [4.78, 5) is 10.6. The Kier molecular flexibility index (Phi) is 3.76. The van der Waals surface area contributed by atoms with Crippen LogP contribution in [0.25, 0.3) is 6.08 Å². The van der Waals surface area contributed by atoms with Crippen LogP contribution in [0.4, 0.5) is 4.39 Å². The Morgan fingerprint density at radius 3 is 2.93 bits per heavy atom. The molecule has 3 nitrogen and oxygen atoms in total. The molecule has 14 heavy (non-hydrogen) atoms. The third kappa shape index (κ3) is 2.63. The molecule has 0 atom stereocenters. The standard InChI is InChI=1S/C9H7ClFNO2/c10-7-3-1-2-6(9(7)11)4-5-8(13)12-14/h1-5H,12H2/b5-4+. The molecule has 5 heteroatoms. The number of carbonyl (C=O) groups excluding carboxylic acids is 1. The number of rotatable bonds is 2. The quantitative estimate of drug-likeness (QED) is 0.593. The van der Waals surface area contributed by atoms with Crippen LogP contribution in [0.1, 0.15) is 5.56 Å². The molecule has 0 aromatic heterocycles. The fourth-order valence-electron chi connectivity index (χ4n) is 0.860. The maximum Gasteiger partial charge on any atom is 0.335 e. The molecule has 0 aliphatic heterocycles. The lowest BCUT2D eigenvalue weighted by Gasteiger charge is -1.98. The van der Waals surface area contributed by atoms with Crippen LogP contribution in [-0.4, -0.2) is 5.91 Å². The second kappa shape index (κ2) is 4.85. The van der Waals surface area contributed by atoms with E-state index in [-0.39, 0.29) is 16.1 Å². The number of hydroxylamine groups is 1. The number of benzene rings is 1. The van der Waals surface area contributed by atoms with Crippen molar-refractivity contribution in [3.8, 4) is 0 Å². The van der Waals surface area contributed by atoms with Crippen LogP contribution >= 0.6 is 11.6 Å². The van der Waals surface area contributed by atoms with Gasteiger partial charge >= 0.3 is 5.91 Å².